The van der Waals surface area contributed by atoms with Gasteiger partial charge < -0.3 is 10.8 Å². The number of aliphatic carboxylic acids is 1. The van der Waals surface area contributed by atoms with Crippen LogP contribution in [0.25, 0.3) is 0 Å². The molecule has 1 amide bonds. The molecule has 0 saturated heterocycles. The molecular weight excluding hydrogens is 213 g/mol. The van der Waals surface area contributed by atoms with Gasteiger partial charge in [0.1, 0.15) is 5.82 Å². The van der Waals surface area contributed by atoms with Gasteiger partial charge in [0.25, 0.3) is 5.91 Å². The monoisotopic (exact) mass is 221 g/mol. The second-order valence-electron chi connectivity index (χ2n) is 2.99. The summed E-state index contributed by atoms with van der Waals surface area (Å²) in [6, 6.07) is 3.51. The third kappa shape index (κ3) is 3.42. The van der Waals surface area contributed by atoms with Crippen LogP contribution in [0.15, 0.2) is 18.2 Å². The second-order valence-corrected chi connectivity index (χ2v) is 2.99. The van der Waals surface area contributed by atoms with Gasteiger partial charge in [-0.2, -0.15) is 0 Å². The number of benzene rings is 1. The van der Waals surface area contributed by atoms with Crippen molar-refractivity contribution in [1.82, 2.24) is 0 Å². The zero-order valence-corrected chi connectivity index (χ0v) is 8.16. The van der Waals surface area contributed by atoms with E-state index in [4.69, 9.17) is 10.8 Å². The standard InChI is InChI=1S/C11H8FNO3/c12-9-3-1-7(2-4-10(13)14)8(5-9)6-11(15)16/h1,3,5H,6H2,(H2,13,14)(H,15,16). The number of carboxylic acids is 1. The molecule has 4 nitrogen and oxygen atoms in total. The Morgan fingerprint density at radius 2 is 2.12 bits per heavy atom. The highest BCUT2D eigenvalue weighted by molar-refractivity contribution is 5.92. The maximum absolute atomic E-state index is 12.9. The minimum atomic E-state index is -1.10. The number of primary amides is 1. The predicted octanol–water partition coefficient (Wildman–Crippen LogP) is 0.290. The Morgan fingerprint density at radius 1 is 1.44 bits per heavy atom. The zero-order chi connectivity index (χ0) is 12.1. The Labute approximate surface area is 90.9 Å². The first-order chi connectivity index (χ1) is 7.49. The van der Waals surface area contributed by atoms with Gasteiger partial charge in [-0.15, -0.1) is 0 Å². The molecule has 0 spiro atoms. The SMILES string of the molecule is NC(=O)C#Cc1ccc(F)cc1CC(=O)O. The minimum Gasteiger partial charge on any atom is -0.481 e. The Bertz CT molecular complexity index is 500. The lowest BCUT2D eigenvalue weighted by Crippen LogP contribution is -2.07. The molecule has 0 saturated carbocycles. The molecule has 1 rings (SSSR count). The van der Waals surface area contributed by atoms with E-state index in [2.05, 4.69) is 11.8 Å². The van der Waals surface area contributed by atoms with Gasteiger partial charge in [0.05, 0.1) is 6.42 Å². The number of nitrogens with two attached hydrogens (primary N) is 1. The fourth-order valence-electron chi connectivity index (χ4n) is 1.12. The molecule has 0 aromatic heterocycles. The van der Waals surface area contributed by atoms with Crippen molar-refractivity contribution in [3.63, 3.8) is 0 Å². The quantitative estimate of drug-likeness (QED) is 0.704. The maximum atomic E-state index is 12.9. The third-order valence-electron chi connectivity index (χ3n) is 1.73. The summed E-state index contributed by atoms with van der Waals surface area (Å²) in [7, 11) is 0. The largest absolute Gasteiger partial charge is 0.481 e. The maximum Gasteiger partial charge on any atom is 0.307 e. The van der Waals surface area contributed by atoms with Crippen molar-refractivity contribution < 1.29 is 19.1 Å². The van der Waals surface area contributed by atoms with Crippen molar-refractivity contribution >= 4 is 11.9 Å². The first-order valence-electron chi connectivity index (χ1n) is 4.30. The summed E-state index contributed by atoms with van der Waals surface area (Å²) in [6.45, 7) is 0. The Hall–Kier alpha value is -2.35. The number of carbonyl (C=O) groups excluding carboxylic acids is 1. The molecule has 0 bridgehead atoms. The van der Waals surface area contributed by atoms with E-state index in [1.165, 1.54) is 6.07 Å². The lowest BCUT2D eigenvalue weighted by molar-refractivity contribution is -0.136. The minimum absolute atomic E-state index is 0.209. The molecule has 1 aromatic rings. The van der Waals surface area contributed by atoms with Crippen LogP contribution in [0.3, 0.4) is 0 Å². The summed E-state index contributed by atoms with van der Waals surface area (Å²) in [5.74, 6) is 1.97. The van der Waals surface area contributed by atoms with Gasteiger partial charge in [0.15, 0.2) is 0 Å². The topological polar surface area (TPSA) is 80.4 Å². The van der Waals surface area contributed by atoms with Crippen molar-refractivity contribution in [1.29, 1.82) is 0 Å². The molecule has 1 aromatic carbocycles. The third-order valence-corrected chi connectivity index (χ3v) is 1.73. The Kier molecular flexibility index (Phi) is 3.62. The fourth-order valence-corrected chi connectivity index (χ4v) is 1.12. The lowest BCUT2D eigenvalue weighted by Gasteiger charge is -2.01. The summed E-state index contributed by atoms with van der Waals surface area (Å²) >= 11 is 0. The van der Waals surface area contributed by atoms with Gasteiger partial charge >= 0.3 is 5.97 Å². The average Bonchev–Trinajstić information content (AvgIpc) is 2.15. The van der Waals surface area contributed by atoms with Crippen LogP contribution in [-0.4, -0.2) is 17.0 Å². The summed E-state index contributed by atoms with van der Waals surface area (Å²) in [4.78, 5) is 20.9. The number of rotatable bonds is 2. The van der Waals surface area contributed by atoms with Gasteiger partial charge in [0.2, 0.25) is 0 Å². The van der Waals surface area contributed by atoms with Crippen LogP contribution < -0.4 is 5.73 Å². The van der Waals surface area contributed by atoms with Gasteiger partial charge in [0, 0.05) is 5.56 Å². The molecule has 3 N–H and O–H groups in total. The van der Waals surface area contributed by atoms with E-state index in [0.29, 0.717) is 0 Å². The van der Waals surface area contributed by atoms with Crippen LogP contribution >= 0.6 is 0 Å². The molecule has 0 heterocycles. The predicted molar refractivity (Wildman–Crippen MR) is 53.8 cm³/mol. The number of hydrogen-bond donors (Lipinski definition) is 2. The highest BCUT2D eigenvalue weighted by atomic mass is 19.1. The molecule has 0 aliphatic rings. The van der Waals surface area contributed by atoms with Crippen molar-refractivity contribution in [2.45, 2.75) is 6.42 Å². The molecule has 0 unspecified atom stereocenters. The van der Waals surface area contributed by atoms with E-state index in [-0.39, 0.29) is 17.5 Å². The first kappa shape index (κ1) is 11.7. The van der Waals surface area contributed by atoms with Gasteiger partial charge in [-0.1, -0.05) is 5.92 Å². The fraction of sp³-hybridized carbons (Fsp3) is 0.0909. The summed E-state index contributed by atoms with van der Waals surface area (Å²) in [5.41, 5.74) is 5.31. The number of halogens is 1. The number of hydrogen-bond acceptors (Lipinski definition) is 2. The molecule has 0 aliphatic heterocycles. The van der Waals surface area contributed by atoms with E-state index < -0.39 is 17.7 Å². The van der Waals surface area contributed by atoms with E-state index in [1.807, 2.05) is 0 Å². The van der Waals surface area contributed by atoms with E-state index in [9.17, 15) is 14.0 Å². The van der Waals surface area contributed by atoms with Gasteiger partial charge in [-0.3, -0.25) is 9.59 Å². The van der Waals surface area contributed by atoms with Crippen molar-refractivity contribution in [3.05, 3.63) is 35.1 Å². The molecule has 82 valence electrons. The van der Waals surface area contributed by atoms with Crippen molar-refractivity contribution in [2.24, 2.45) is 5.73 Å². The number of carbonyl (C=O) groups is 2. The van der Waals surface area contributed by atoms with Crippen LogP contribution in [-0.2, 0) is 16.0 Å². The molecule has 5 heteroatoms. The Morgan fingerprint density at radius 3 is 2.69 bits per heavy atom. The molecule has 0 atom stereocenters. The number of carboxylic acid groups (broad SMARTS) is 1. The van der Waals surface area contributed by atoms with Crippen LogP contribution in [0.1, 0.15) is 11.1 Å². The van der Waals surface area contributed by atoms with Crippen LogP contribution in [0.5, 0.6) is 0 Å². The first-order valence-corrected chi connectivity index (χ1v) is 4.30. The second kappa shape index (κ2) is 4.94. The smallest absolute Gasteiger partial charge is 0.307 e. The molecule has 0 fully saturated rings. The van der Waals surface area contributed by atoms with Crippen LogP contribution in [0.4, 0.5) is 4.39 Å². The molecular formula is C11H8FNO3. The van der Waals surface area contributed by atoms with Crippen molar-refractivity contribution in [2.75, 3.05) is 0 Å². The normalized spacial score (nSPS) is 9.06. The highest BCUT2D eigenvalue weighted by Gasteiger charge is 2.06. The van der Waals surface area contributed by atoms with Gasteiger partial charge in [-0.25, -0.2) is 4.39 Å². The van der Waals surface area contributed by atoms with Crippen molar-refractivity contribution in [3.8, 4) is 11.8 Å². The number of amides is 1. The average molecular weight is 221 g/mol. The molecule has 0 radical (unpaired) electrons. The summed E-state index contributed by atoms with van der Waals surface area (Å²) in [6.07, 6.45) is -0.361. The van der Waals surface area contributed by atoms with Crippen LogP contribution in [0.2, 0.25) is 0 Å². The zero-order valence-electron chi connectivity index (χ0n) is 8.16. The molecule has 0 aliphatic carbocycles. The van der Waals surface area contributed by atoms with E-state index in [1.54, 1.807) is 0 Å². The lowest BCUT2D eigenvalue weighted by atomic mass is 10.0. The Balaban J connectivity index is 3.13. The van der Waals surface area contributed by atoms with Gasteiger partial charge in [-0.05, 0) is 29.7 Å². The van der Waals surface area contributed by atoms with E-state index >= 15 is 0 Å². The summed E-state index contributed by atoms with van der Waals surface area (Å²) in [5, 5.41) is 8.60. The molecule has 16 heavy (non-hydrogen) atoms. The highest BCUT2D eigenvalue weighted by Crippen LogP contribution is 2.11. The van der Waals surface area contributed by atoms with E-state index in [0.717, 1.165) is 12.1 Å². The van der Waals surface area contributed by atoms with Crippen LogP contribution in [0, 0.1) is 17.7 Å². The summed E-state index contributed by atoms with van der Waals surface area (Å²) < 4.78 is 12.9.